The second kappa shape index (κ2) is 3.70. The van der Waals surface area contributed by atoms with Gasteiger partial charge in [0.2, 0.25) is 0 Å². The molecule has 1 aromatic rings. The summed E-state index contributed by atoms with van der Waals surface area (Å²) in [4.78, 5) is 0. The van der Waals surface area contributed by atoms with E-state index in [1.165, 1.54) is 24.8 Å². The fourth-order valence-electron chi connectivity index (χ4n) is 1.58. The Morgan fingerprint density at radius 3 is 2.85 bits per heavy atom. The Kier molecular flexibility index (Phi) is 2.58. The van der Waals surface area contributed by atoms with Gasteiger partial charge in [-0.1, -0.05) is 12.1 Å². The molecule has 0 aliphatic heterocycles. The summed E-state index contributed by atoms with van der Waals surface area (Å²) in [5, 5.41) is 0. The van der Waals surface area contributed by atoms with Gasteiger partial charge in [-0.25, -0.2) is 0 Å². The van der Waals surface area contributed by atoms with Crippen LogP contribution in [0.4, 0.5) is 0 Å². The molecule has 0 N–H and O–H groups in total. The Bertz CT molecular complexity index is 305. The molecule has 1 nitrogen and oxygen atoms in total. The fraction of sp³-hybridized carbons (Fsp3) is 0.455. The Morgan fingerprint density at radius 2 is 2.23 bits per heavy atom. The molecule has 0 amide bonds. The zero-order valence-electron chi connectivity index (χ0n) is 7.72. The molecule has 1 aliphatic rings. The van der Waals surface area contributed by atoms with Crippen LogP contribution in [-0.2, 0) is 6.42 Å². The van der Waals surface area contributed by atoms with Crippen molar-refractivity contribution < 1.29 is 4.74 Å². The zero-order valence-corrected chi connectivity index (χ0v) is 9.30. The summed E-state index contributed by atoms with van der Waals surface area (Å²) < 4.78 is 6.42. The van der Waals surface area contributed by atoms with Gasteiger partial charge < -0.3 is 4.74 Å². The van der Waals surface area contributed by atoms with Gasteiger partial charge in [-0.05, 0) is 52.7 Å². The second-order valence-corrected chi connectivity index (χ2v) is 4.43. The molecule has 0 radical (unpaired) electrons. The Morgan fingerprint density at radius 1 is 1.46 bits per heavy atom. The molecule has 1 saturated carbocycles. The number of rotatable bonds is 3. The molecular formula is C11H13BrO. The molecule has 0 spiro atoms. The minimum atomic E-state index is 0.906. The van der Waals surface area contributed by atoms with Crippen LogP contribution in [-0.4, -0.2) is 7.11 Å². The first-order chi connectivity index (χ1) is 6.31. The molecule has 1 aromatic carbocycles. The first kappa shape index (κ1) is 9.07. The highest BCUT2D eigenvalue weighted by Gasteiger charge is 2.23. The van der Waals surface area contributed by atoms with Gasteiger partial charge in [-0.3, -0.25) is 0 Å². The van der Waals surface area contributed by atoms with E-state index in [2.05, 4.69) is 28.1 Å². The number of halogens is 1. The lowest BCUT2D eigenvalue weighted by atomic mass is 10.1. The number of benzene rings is 1. The number of hydrogen-bond donors (Lipinski definition) is 0. The van der Waals surface area contributed by atoms with Crippen molar-refractivity contribution in [1.29, 1.82) is 0 Å². The van der Waals surface area contributed by atoms with E-state index in [-0.39, 0.29) is 0 Å². The SMILES string of the molecule is COc1c(Br)cccc1CC1CC1. The van der Waals surface area contributed by atoms with Crippen molar-refractivity contribution in [2.24, 2.45) is 5.92 Å². The van der Waals surface area contributed by atoms with Crippen LogP contribution >= 0.6 is 15.9 Å². The molecule has 2 heteroatoms. The summed E-state index contributed by atoms with van der Waals surface area (Å²) in [6.07, 6.45) is 3.94. The molecule has 0 heterocycles. The van der Waals surface area contributed by atoms with E-state index in [0.717, 1.165) is 16.1 Å². The number of para-hydroxylation sites is 1. The molecule has 2 rings (SSSR count). The maximum absolute atomic E-state index is 5.36. The first-order valence-electron chi connectivity index (χ1n) is 4.62. The highest BCUT2D eigenvalue weighted by Crippen LogP contribution is 2.37. The zero-order chi connectivity index (χ0) is 9.26. The predicted molar refractivity (Wildman–Crippen MR) is 57.1 cm³/mol. The number of ether oxygens (including phenoxy) is 1. The van der Waals surface area contributed by atoms with Crippen molar-refractivity contribution >= 4 is 15.9 Å². The molecule has 1 aliphatic carbocycles. The predicted octanol–water partition coefficient (Wildman–Crippen LogP) is 3.41. The number of methoxy groups -OCH3 is 1. The average Bonchev–Trinajstić information content (AvgIpc) is 2.89. The van der Waals surface area contributed by atoms with Crippen molar-refractivity contribution in [2.45, 2.75) is 19.3 Å². The maximum atomic E-state index is 5.36. The van der Waals surface area contributed by atoms with Gasteiger partial charge in [0, 0.05) is 0 Å². The van der Waals surface area contributed by atoms with E-state index in [1.807, 2.05) is 6.07 Å². The summed E-state index contributed by atoms with van der Waals surface area (Å²) in [6, 6.07) is 6.25. The molecule has 0 atom stereocenters. The van der Waals surface area contributed by atoms with E-state index in [4.69, 9.17) is 4.74 Å². The highest BCUT2D eigenvalue weighted by molar-refractivity contribution is 9.10. The van der Waals surface area contributed by atoms with Gasteiger partial charge in [0.15, 0.2) is 0 Å². The van der Waals surface area contributed by atoms with Crippen molar-refractivity contribution in [3.05, 3.63) is 28.2 Å². The summed E-state index contributed by atoms with van der Waals surface area (Å²) in [5.41, 5.74) is 1.33. The molecule has 0 saturated heterocycles. The molecule has 70 valence electrons. The first-order valence-corrected chi connectivity index (χ1v) is 5.42. The second-order valence-electron chi connectivity index (χ2n) is 3.58. The highest BCUT2D eigenvalue weighted by atomic mass is 79.9. The lowest BCUT2D eigenvalue weighted by Gasteiger charge is -2.09. The smallest absolute Gasteiger partial charge is 0.136 e. The van der Waals surface area contributed by atoms with Crippen LogP contribution in [0.3, 0.4) is 0 Å². The Hall–Kier alpha value is -0.500. The maximum Gasteiger partial charge on any atom is 0.136 e. The lowest BCUT2D eigenvalue weighted by molar-refractivity contribution is 0.406. The quantitative estimate of drug-likeness (QED) is 0.787. The normalized spacial score (nSPS) is 15.8. The molecule has 13 heavy (non-hydrogen) atoms. The van der Waals surface area contributed by atoms with Crippen LogP contribution in [0.2, 0.25) is 0 Å². The van der Waals surface area contributed by atoms with Gasteiger partial charge in [0.25, 0.3) is 0 Å². The third kappa shape index (κ3) is 2.05. The minimum absolute atomic E-state index is 0.906. The van der Waals surface area contributed by atoms with Gasteiger partial charge in [-0.15, -0.1) is 0 Å². The van der Waals surface area contributed by atoms with E-state index in [1.54, 1.807) is 7.11 Å². The third-order valence-corrected chi connectivity index (χ3v) is 3.08. The standard InChI is InChI=1S/C11H13BrO/c1-13-11-9(7-8-5-6-8)3-2-4-10(11)12/h2-4,8H,5-7H2,1H3. The fourth-order valence-corrected chi connectivity index (χ4v) is 2.14. The van der Waals surface area contributed by atoms with E-state index < -0.39 is 0 Å². The van der Waals surface area contributed by atoms with Crippen LogP contribution in [0.5, 0.6) is 5.75 Å². The van der Waals surface area contributed by atoms with Crippen LogP contribution in [0.15, 0.2) is 22.7 Å². The van der Waals surface area contributed by atoms with Crippen molar-refractivity contribution in [3.63, 3.8) is 0 Å². The van der Waals surface area contributed by atoms with Gasteiger partial charge in [-0.2, -0.15) is 0 Å². The molecule has 0 aromatic heterocycles. The van der Waals surface area contributed by atoms with Crippen LogP contribution < -0.4 is 4.74 Å². The Balaban J connectivity index is 2.25. The molecular weight excluding hydrogens is 228 g/mol. The van der Waals surface area contributed by atoms with Crippen LogP contribution in [0.1, 0.15) is 18.4 Å². The summed E-state index contributed by atoms with van der Waals surface area (Å²) in [6.45, 7) is 0. The summed E-state index contributed by atoms with van der Waals surface area (Å²) >= 11 is 3.49. The minimum Gasteiger partial charge on any atom is -0.495 e. The Labute approximate surface area is 87.2 Å². The van der Waals surface area contributed by atoms with Gasteiger partial charge in [0.1, 0.15) is 5.75 Å². The lowest BCUT2D eigenvalue weighted by Crippen LogP contribution is -1.94. The summed E-state index contributed by atoms with van der Waals surface area (Å²) in [7, 11) is 1.73. The van der Waals surface area contributed by atoms with E-state index in [9.17, 15) is 0 Å². The van der Waals surface area contributed by atoms with Crippen LogP contribution in [0.25, 0.3) is 0 Å². The van der Waals surface area contributed by atoms with Crippen molar-refractivity contribution in [1.82, 2.24) is 0 Å². The van der Waals surface area contributed by atoms with E-state index >= 15 is 0 Å². The monoisotopic (exact) mass is 240 g/mol. The molecule has 1 fully saturated rings. The summed E-state index contributed by atoms with van der Waals surface area (Å²) in [5.74, 6) is 1.91. The van der Waals surface area contributed by atoms with Gasteiger partial charge in [0.05, 0.1) is 11.6 Å². The molecule has 0 unspecified atom stereocenters. The van der Waals surface area contributed by atoms with Gasteiger partial charge >= 0.3 is 0 Å². The van der Waals surface area contributed by atoms with Crippen molar-refractivity contribution in [2.75, 3.05) is 7.11 Å². The topological polar surface area (TPSA) is 9.23 Å². The number of hydrogen-bond acceptors (Lipinski definition) is 1. The molecule has 0 bridgehead atoms. The largest absolute Gasteiger partial charge is 0.495 e. The average molecular weight is 241 g/mol. The van der Waals surface area contributed by atoms with E-state index in [0.29, 0.717) is 0 Å². The third-order valence-electron chi connectivity index (χ3n) is 2.46. The van der Waals surface area contributed by atoms with Crippen molar-refractivity contribution in [3.8, 4) is 5.75 Å². The van der Waals surface area contributed by atoms with Crippen LogP contribution in [0, 0.1) is 5.92 Å².